The van der Waals surface area contributed by atoms with Crippen LogP contribution in [0.1, 0.15) is 57.0 Å². The van der Waals surface area contributed by atoms with Crippen molar-refractivity contribution in [2.24, 2.45) is 11.8 Å². The number of nitrogen functional groups attached to an aromatic ring is 1. The predicted molar refractivity (Wildman–Crippen MR) is 179 cm³/mol. The van der Waals surface area contributed by atoms with Crippen molar-refractivity contribution >= 4 is 27.6 Å². The maximum absolute atomic E-state index is 14.7. The molecule has 0 saturated carbocycles. The number of sulfonamides is 1. The molecule has 1 aliphatic heterocycles. The van der Waals surface area contributed by atoms with E-state index in [9.17, 15) is 17.6 Å². The second kappa shape index (κ2) is 13.6. The minimum absolute atomic E-state index is 0.0444. The summed E-state index contributed by atoms with van der Waals surface area (Å²) in [6, 6.07) is 19.5. The highest BCUT2D eigenvalue weighted by Gasteiger charge is 2.39. The Bertz CT molecular complexity index is 1870. The molecule has 2 aromatic heterocycles. The number of benzene rings is 2. The van der Waals surface area contributed by atoms with Gasteiger partial charge in [0.1, 0.15) is 24.0 Å². The van der Waals surface area contributed by atoms with Gasteiger partial charge in [-0.15, -0.1) is 0 Å². The lowest BCUT2D eigenvalue weighted by Gasteiger charge is -2.34. The number of ether oxygens (including phenoxy) is 2. The van der Waals surface area contributed by atoms with E-state index in [0.29, 0.717) is 30.2 Å². The molecule has 1 aliphatic rings. The van der Waals surface area contributed by atoms with E-state index in [4.69, 9.17) is 20.2 Å². The summed E-state index contributed by atoms with van der Waals surface area (Å²) in [6.45, 7) is 11.4. The van der Waals surface area contributed by atoms with Crippen LogP contribution in [0.25, 0.3) is 11.3 Å². The Morgan fingerprint density at radius 2 is 1.81 bits per heavy atom. The average Bonchev–Trinajstić information content (AvgIpc) is 3.30. The van der Waals surface area contributed by atoms with Gasteiger partial charge < -0.3 is 20.1 Å². The minimum atomic E-state index is -4.44. The van der Waals surface area contributed by atoms with Gasteiger partial charge in [0.2, 0.25) is 0 Å². The van der Waals surface area contributed by atoms with Crippen molar-refractivity contribution in [2.75, 3.05) is 23.8 Å². The number of amides is 1. The number of halogens is 1. The minimum Gasteiger partial charge on any atom is -0.493 e. The quantitative estimate of drug-likeness (QED) is 0.192. The number of nitrogens with one attached hydrogen (secondary N) is 1. The number of anilines is 2. The summed E-state index contributed by atoms with van der Waals surface area (Å²) in [7, 11) is -4.44. The third kappa shape index (κ3) is 7.99. The first-order valence-electron chi connectivity index (χ1n) is 15.4. The third-order valence-corrected chi connectivity index (χ3v) is 9.03. The number of aromatic nitrogens is 2. The van der Waals surface area contributed by atoms with Gasteiger partial charge in [-0.25, -0.2) is 19.1 Å². The molecule has 1 amide bonds. The lowest BCUT2D eigenvalue weighted by atomic mass is 9.97. The molecule has 0 spiro atoms. The SMILES string of the molecule is CC(C)COc1cc(F)cc(-c2ccc(C(=O)NS(=O)(=O)c3ccc(OCc4ccccc4)c(N)n3)c(N3C[C@@H](C)CC3(C)C)n2)c1. The predicted octanol–water partition coefficient (Wildman–Crippen LogP) is 6.22. The van der Waals surface area contributed by atoms with Gasteiger partial charge in [-0.1, -0.05) is 51.1 Å². The van der Waals surface area contributed by atoms with Crippen molar-refractivity contribution in [2.45, 2.75) is 58.2 Å². The van der Waals surface area contributed by atoms with Crippen LogP contribution in [0.2, 0.25) is 0 Å². The van der Waals surface area contributed by atoms with Crippen LogP contribution in [0.4, 0.5) is 16.0 Å². The van der Waals surface area contributed by atoms with Crippen molar-refractivity contribution in [1.82, 2.24) is 14.7 Å². The van der Waals surface area contributed by atoms with Crippen LogP contribution in [0.5, 0.6) is 11.5 Å². The second-order valence-electron chi connectivity index (χ2n) is 12.9. The zero-order valence-corrected chi connectivity index (χ0v) is 28.0. The summed E-state index contributed by atoms with van der Waals surface area (Å²) >= 11 is 0. The molecule has 12 heteroatoms. The Labute approximate surface area is 275 Å². The Balaban J connectivity index is 1.44. The van der Waals surface area contributed by atoms with Crippen LogP contribution in [-0.2, 0) is 16.6 Å². The first kappa shape index (κ1) is 33.6. The Morgan fingerprint density at radius 3 is 2.47 bits per heavy atom. The van der Waals surface area contributed by atoms with Crippen molar-refractivity contribution in [3.63, 3.8) is 0 Å². The van der Waals surface area contributed by atoms with Crippen LogP contribution in [0, 0.1) is 17.7 Å². The van der Waals surface area contributed by atoms with Crippen LogP contribution >= 0.6 is 0 Å². The van der Waals surface area contributed by atoms with Gasteiger partial charge in [0.15, 0.2) is 16.6 Å². The number of nitrogens with two attached hydrogens (primary N) is 1. The molecule has 1 atom stereocenters. The molecule has 1 fully saturated rings. The summed E-state index contributed by atoms with van der Waals surface area (Å²) in [6.07, 6.45) is 0.827. The fourth-order valence-electron chi connectivity index (χ4n) is 5.69. The van der Waals surface area contributed by atoms with Gasteiger partial charge in [-0.2, -0.15) is 8.42 Å². The normalized spacial score (nSPS) is 15.9. The summed E-state index contributed by atoms with van der Waals surface area (Å²) < 4.78 is 55.0. The van der Waals surface area contributed by atoms with Gasteiger partial charge in [0.25, 0.3) is 15.9 Å². The molecule has 248 valence electrons. The lowest BCUT2D eigenvalue weighted by molar-refractivity contribution is 0.0981. The standard InChI is InChI=1S/C35H40FN5O5S/c1-22(2)20-45-27-16-25(15-26(36)17-27)29-12-11-28(33(38-29)41-19-23(3)18-35(41,4)5)34(42)40-47(43,44)31-14-13-30(32(37)39-31)46-21-24-9-7-6-8-10-24/h6-17,22-23H,18-21H2,1-5H3,(H2,37,39)(H,40,42)/t23-/m0/s1. The largest absolute Gasteiger partial charge is 0.493 e. The highest BCUT2D eigenvalue weighted by molar-refractivity contribution is 7.90. The van der Waals surface area contributed by atoms with Crippen LogP contribution in [0.15, 0.2) is 77.8 Å². The van der Waals surface area contributed by atoms with Gasteiger partial charge >= 0.3 is 0 Å². The van der Waals surface area contributed by atoms with E-state index in [-0.39, 0.29) is 41.4 Å². The number of hydrogen-bond donors (Lipinski definition) is 2. The molecule has 0 unspecified atom stereocenters. The smallest absolute Gasteiger partial charge is 0.281 e. The van der Waals surface area contributed by atoms with Crippen LogP contribution in [0.3, 0.4) is 0 Å². The Morgan fingerprint density at radius 1 is 1.06 bits per heavy atom. The first-order chi connectivity index (χ1) is 22.2. The number of rotatable bonds is 11. The van der Waals surface area contributed by atoms with Crippen molar-refractivity contribution in [3.8, 4) is 22.8 Å². The van der Waals surface area contributed by atoms with E-state index in [1.165, 1.54) is 30.3 Å². The molecule has 0 aliphatic carbocycles. The Hall–Kier alpha value is -4.71. The molecule has 3 N–H and O–H groups in total. The molecular weight excluding hydrogens is 621 g/mol. The van der Waals surface area contributed by atoms with E-state index in [1.54, 1.807) is 12.1 Å². The zero-order chi connectivity index (χ0) is 33.9. The van der Waals surface area contributed by atoms with Crippen LogP contribution in [-0.4, -0.2) is 43.0 Å². The van der Waals surface area contributed by atoms with E-state index in [0.717, 1.165) is 12.0 Å². The molecule has 0 radical (unpaired) electrons. The third-order valence-electron chi connectivity index (χ3n) is 7.80. The van der Waals surface area contributed by atoms with Gasteiger partial charge in [-0.3, -0.25) is 4.79 Å². The number of carbonyl (C=O) groups excluding carboxylic acids is 1. The van der Waals surface area contributed by atoms with E-state index >= 15 is 0 Å². The molecule has 1 saturated heterocycles. The summed E-state index contributed by atoms with van der Waals surface area (Å²) in [5.41, 5.74) is 7.46. The van der Waals surface area contributed by atoms with Crippen LogP contribution < -0.4 is 24.8 Å². The maximum atomic E-state index is 14.7. The zero-order valence-electron chi connectivity index (χ0n) is 27.2. The highest BCUT2D eigenvalue weighted by atomic mass is 32.2. The summed E-state index contributed by atoms with van der Waals surface area (Å²) in [5.74, 6) is -0.119. The van der Waals surface area contributed by atoms with E-state index in [1.807, 2.05) is 62.9 Å². The van der Waals surface area contributed by atoms with Gasteiger partial charge in [-0.05, 0) is 74.1 Å². The van der Waals surface area contributed by atoms with E-state index in [2.05, 4.69) is 16.6 Å². The summed E-state index contributed by atoms with van der Waals surface area (Å²) in [5, 5.41) is -0.439. The molecule has 2 aromatic carbocycles. The van der Waals surface area contributed by atoms with Crippen molar-refractivity contribution in [1.29, 1.82) is 0 Å². The first-order valence-corrected chi connectivity index (χ1v) is 16.9. The number of carbonyl (C=O) groups is 1. The van der Waals surface area contributed by atoms with Gasteiger partial charge in [0.05, 0.1) is 17.9 Å². The van der Waals surface area contributed by atoms with Gasteiger partial charge in [0, 0.05) is 23.7 Å². The molecule has 5 rings (SSSR count). The molecule has 0 bridgehead atoms. The molecule has 3 heterocycles. The Kier molecular flexibility index (Phi) is 9.71. The fourth-order valence-corrected chi connectivity index (χ4v) is 6.61. The maximum Gasteiger partial charge on any atom is 0.281 e. The highest BCUT2D eigenvalue weighted by Crippen LogP contribution is 2.39. The fraction of sp³-hybridized carbons (Fsp3) is 0.343. The lowest BCUT2D eigenvalue weighted by Crippen LogP contribution is -2.41. The summed E-state index contributed by atoms with van der Waals surface area (Å²) in [4.78, 5) is 24.5. The number of pyridine rings is 2. The number of hydrogen-bond acceptors (Lipinski definition) is 9. The second-order valence-corrected chi connectivity index (χ2v) is 14.6. The van der Waals surface area contributed by atoms with Crippen molar-refractivity contribution < 1.29 is 27.1 Å². The van der Waals surface area contributed by atoms with E-state index < -0.39 is 32.3 Å². The molecule has 10 nitrogen and oxygen atoms in total. The topological polar surface area (TPSA) is 137 Å². The molecule has 4 aromatic rings. The molecular formula is C35H40FN5O5S. The number of nitrogens with zero attached hydrogens (tertiary/aromatic N) is 3. The average molecular weight is 662 g/mol. The molecule has 47 heavy (non-hydrogen) atoms. The monoisotopic (exact) mass is 661 g/mol. The van der Waals surface area contributed by atoms with Crippen molar-refractivity contribution in [3.05, 3.63) is 89.7 Å².